The van der Waals surface area contributed by atoms with E-state index < -0.39 is 17.3 Å². The van der Waals surface area contributed by atoms with E-state index in [4.69, 9.17) is 0 Å². The zero-order chi connectivity index (χ0) is 19.0. The molecule has 0 radical (unpaired) electrons. The highest BCUT2D eigenvalue weighted by Crippen LogP contribution is 2.40. The van der Waals surface area contributed by atoms with Gasteiger partial charge in [0.15, 0.2) is 5.82 Å². The van der Waals surface area contributed by atoms with Crippen molar-refractivity contribution in [3.8, 4) is 0 Å². The predicted octanol–water partition coefficient (Wildman–Crippen LogP) is 3.33. The first kappa shape index (κ1) is 17.6. The molecule has 3 heterocycles. The van der Waals surface area contributed by atoms with Crippen LogP contribution in [0.4, 0.5) is 10.1 Å². The van der Waals surface area contributed by atoms with Crippen molar-refractivity contribution in [1.82, 2.24) is 9.88 Å². The molecule has 1 unspecified atom stereocenters. The molecular formula is C21H22FN3O2. The number of halogens is 1. The second-order valence-corrected chi connectivity index (χ2v) is 7.34. The summed E-state index contributed by atoms with van der Waals surface area (Å²) in [7, 11) is 0. The van der Waals surface area contributed by atoms with Crippen LogP contribution in [0.25, 0.3) is 0 Å². The monoisotopic (exact) mass is 367 g/mol. The van der Waals surface area contributed by atoms with E-state index in [1.54, 1.807) is 9.80 Å². The molecule has 2 aliphatic heterocycles. The lowest BCUT2D eigenvalue weighted by molar-refractivity contribution is -0.130. The molecule has 140 valence electrons. The maximum Gasteiger partial charge on any atom is 0.257 e. The van der Waals surface area contributed by atoms with E-state index >= 15 is 0 Å². The van der Waals surface area contributed by atoms with Crippen LogP contribution >= 0.6 is 0 Å². The SMILES string of the molecule is Cc1ccc(N2CCCC3(CCCN3C(=O)c3ccncc3F)C2=O)cc1. The van der Waals surface area contributed by atoms with Crippen molar-refractivity contribution in [2.45, 2.75) is 38.1 Å². The smallest absolute Gasteiger partial charge is 0.257 e. The predicted molar refractivity (Wildman–Crippen MR) is 100.0 cm³/mol. The quantitative estimate of drug-likeness (QED) is 0.818. The lowest BCUT2D eigenvalue weighted by Crippen LogP contribution is -2.61. The summed E-state index contributed by atoms with van der Waals surface area (Å²) in [4.78, 5) is 33.6. The average Bonchev–Trinajstić information content (AvgIpc) is 3.09. The van der Waals surface area contributed by atoms with Crippen molar-refractivity contribution >= 4 is 17.5 Å². The molecule has 2 aliphatic rings. The van der Waals surface area contributed by atoms with Gasteiger partial charge in [-0.25, -0.2) is 4.39 Å². The van der Waals surface area contributed by atoms with Crippen LogP contribution in [0.15, 0.2) is 42.7 Å². The van der Waals surface area contributed by atoms with Crippen LogP contribution in [-0.2, 0) is 4.79 Å². The second kappa shape index (κ2) is 6.76. The molecule has 0 saturated carbocycles. The first-order chi connectivity index (χ1) is 13.0. The van der Waals surface area contributed by atoms with Crippen LogP contribution in [0.3, 0.4) is 0 Å². The van der Waals surface area contributed by atoms with E-state index in [0.29, 0.717) is 25.9 Å². The average molecular weight is 367 g/mol. The lowest BCUT2D eigenvalue weighted by atomic mass is 9.84. The van der Waals surface area contributed by atoms with Crippen molar-refractivity contribution in [1.29, 1.82) is 0 Å². The number of likely N-dealkylation sites (tertiary alicyclic amines) is 1. The van der Waals surface area contributed by atoms with E-state index in [2.05, 4.69) is 4.98 Å². The lowest BCUT2D eigenvalue weighted by Gasteiger charge is -2.44. The maximum atomic E-state index is 14.1. The van der Waals surface area contributed by atoms with Gasteiger partial charge in [-0.05, 0) is 50.8 Å². The molecule has 0 aliphatic carbocycles. The summed E-state index contributed by atoms with van der Waals surface area (Å²) in [6.07, 6.45) is 5.23. The number of benzene rings is 1. The summed E-state index contributed by atoms with van der Waals surface area (Å²) in [5.74, 6) is -1.13. The standard InChI is InChI=1S/C21H22FN3O2/c1-15-4-6-16(7-5-15)24-12-2-9-21(20(24)27)10-3-13-25(21)19(26)17-8-11-23-14-18(17)22/h4-8,11,14H,2-3,9-10,12-13H2,1H3. The van der Waals surface area contributed by atoms with Crippen LogP contribution in [0.1, 0.15) is 41.6 Å². The topological polar surface area (TPSA) is 53.5 Å². The van der Waals surface area contributed by atoms with Crippen LogP contribution < -0.4 is 4.90 Å². The Kier molecular flexibility index (Phi) is 4.42. The molecule has 4 rings (SSSR count). The third kappa shape index (κ3) is 2.89. The molecule has 0 bridgehead atoms. The van der Waals surface area contributed by atoms with Gasteiger partial charge in [-0.15, -0.1) is 0 Å². The third-order valence-electron chi connectivity index (χ3n) is 5.70. The fourth-order valence-electron chi connectivity index (χ4n) is 4.31. The molecule has 6 heteroatoms. The summed E-state index contributed by atoms with van der Waals surface area (Å²) in [6.45, 7) is 3.10. The highest BCUT2D eigenvalue weighted by atomic mass is 19.1. The molecule has 2 aromatic rings. The first-order valence-corrected chi connectivity index (χ1v) is 9.33. The summed E-state index contributed by atoms with van der Waals surface area (Å²) in [6, 6.07) is 9.22. The zero-order valence-electron chi connectivity index (χ0n) is 15.3. The van der Waals surface area contributed by atoms with E-state index in [1.807, 2.05) is 31.2 Å². The maximum absolute atomic E-state index is 14.1. The molecule has 5 nitrogen and oxygen atoms in total. The molecule has 2 fully saturated rings. The number of anilines is 1. The molecule has 1 spiro atoms. The number of amides is 2. The van der Waals surface area contributed by atoms with Gasteiger partial charge in [0.1, 0.15) is 5.54 Å². The minimum absolute atomic E-state index is 0.0217. The van der Waals surface area contributed by atoms with E-state index in [9.17, 15) is 14.0 Å². The highest BCUT2D eigenvalue weighted by Gasteiger charge is 2.53. The van der Waals surface area contributed by atoms with Gasteiger partial charge < -0.3 is 9.80 Å². The highest BCUT2D eigenvalue weighted by molar-refractivity contribution is 6.06. The van der Waals surface area contributed by atoms with Crippen molar-refractivity contribution in [3.63, 3.8) is 0 Å². The first-order valence-electron chi connectivity index (χ1n) is 9.33. The number of aryl methyl sites for hydroxylation is 1. The summed E-state index contributed by atoms with van der Waals surface area (Å²) in [5.41, 5.74) is 1.07. The van der Waals surface area contributed by atoms with Gasteiger partial charge in [0.25, 0.3) is 11.8 Å². The number of piperidine rings is 1. The molecule has 0 N–H and O–H groups in total. The van der Waals surface area contributed by atoms with Crippen LogP contribution in [0.5, 0.6) is 0 Å². The number of nitrogens with zero attached hydrogens (tertiary/aromatic N) is 3. The van der Waals surface area contributed by atoms with E-state index in [0.717, 1.165) is 30.3 Å². The van der Waals surface area contributed by atoms with Gasteiger partial charge in [0, 0.05) is 25.0 Å². The summed E-state index contributed by atoms with van der Waals surface area (Å²) < 4.78 is 14.1. The van der Waals surface area contributed by atoms with Crippen LogP contribution in [-0.4, -0.2) is 40.3 Å². The molecule has 27 heavy (non-hydrogen) atoms. The van der Waals surface area contributed by atoms with Gasteiger partial charge in [-0.3, -0.25) is 14.6 Å². The fraction of sp³-hybridized carbons (Fsp3) is 0.381. The Bertz CT molecular complexity index is 883. The van der Waals surface area contributed by atoms with Crippen molar-refractivity contribution in [2.24, 2.45) is 0 Å². The van der Waals surface area contributed by atoms with Gasteiger partial charge >= 0.3 is 0 Å². The third-order valence-corrected chi connectivity index (χ3v) is 5.70. The summed E-state index contributed by atoms with van der Waals surface area (Å²) >= 11 is 0. The Morgan fingerprint density at radius 1 is 1.11 bits per heavy atom. The Labute approximate surface area is 157 Å². The minimum Gasteiger partial charge on any atom is -0.324 e. The fourth-order valence-corrected chi connectivity index (χ4v) is 4.31. The largest absolute Gasteiger partial charge is 0.324 e. The number of aromatic nitrogens is 1. The molecular weight excluding hydrogens is 345 g/mol. The number of pyridine rings is 1. The normalized spacial score (nSPS) is 22.5. The Morgan fingerprint density at radius 3 is 2.52 bits per heavy atom. The molecule has 2 saturated heterocycles. The van der Waals surface area contributed by atoms with Crippen molar-refractivity contribution < 1.29 is 14.0 Å². The van der Waals surface area contributed by atoms with E-state index in [1.165, 1.54) is 12.3 Å². The Balaban J connectivity index is 1.68. The summed E-state index contributed by atoms with van der Waals surface area (Å²) in [5, 5.41) is 0. The molecule has 1 atom stereocenters. The number of carbonyl (C=O) groups excluding carboxylic acids is 2. The Morgan fingerprint density at radius 2 is 1.81 bits per heavy atom. The van der Waals surface area contributed by atoms with Gasteiger partial charge in [0.2, 0.25) is 0 Å². The number of rotatable bonds is 2. The number of hydrogen-bond acceptors (Lipinski definition) is 3. The minimum atomic E-state index is -0.879. The van der Waals surface area contributed by atoms with Gasteiger partial charge in [0.05, 0.1) is 11.8 Å². The van der Waals surface area contributed by atoms with Gasteiger partial charge in [-0.2, -0.15) is 0 Å². The van der Waals surface area contributed by atoms with Crippen LogP contribution in [0.2, 0.25) is 0 Å². The molecule has 1 aromatic heterocycles. The molecule has 2 amide bonds. The van der Waals surface area contributed by atoms with E-state index in [-0.39, 0.29) is 11.5 Å². The Hall–Kier alpha value is -2.76. The molecule has 1 aromatic carbocycles. The van der Waals surface area contributed by atoms with Gasteiger partial charge in [-0.1, -0.05) is 17.7 Å². The number of carbonyl (C=O) groups is 2. The number of hydrogen-bond donors (Lipinski definition) is 0. The van der Waals surface area contributed by atoms with Crippen LogP contribution in [0, 0.1) is 12.7 Å². The van der Waals surface area contributed by atoms with Crippen molar-refractivity contribution in [2.75, 3.05) is 18.0 Å². The zero-order valence-corrected chi connectivity index (χ0v) is 15.3. The second-order valence-electron chi connectivity index (χ2n) is 7.34. The van der Waals surface area contributed by atoms with Crippen molar-refractivity contribution in [3.05, 3.63) is 59.7 Å².